The van der Waals surface area contributed by atoms with E-state index in [9.17, 15) is 9.90 Å². The molecule has 2 N–H and O–H groups in total. The molecule has 0 bridgehead atoms. The standard InChI is InChI=1S/C19H23N3O3/c1-25-16-9-13(10-20-11-16)18(12-7-15(23)8-12)21-19(24)17-3-2-6-22(17)14-4-5-14/h2-3,6,9-12,14-15,18,23H,4-5,7-8H2,1H3,(H,21,24)/t12?,15?,18-/m1/s1. The summed E-state index contributed by atoms with van der Waals surface area (Å²) in [6.45, 7) is 0. The van der Waals surface area contributed by atoms with Gasteiger partial charge in [0, 0.05) is 18.4 Å². The van der Waals surface area contributed by atoms with Crippen molar-refractivity contribution < 1.29 is 14.6 Å². The van der Waals surface area contributed by atoms with E-state index in [2.05, 4.69) is 14.9 Å². The minimum Gasteiger partial charge on any atom is -0.495 e. The van der Waals surface area contributed by atoms with Crippen molar-refractivity contribution in [1.29, 1.82) is 0 Å². The molecule has 0 aliphatic heterocycles. The maximum Gasteiger partial charge on any atom is 0.268 e. The lowest BCUT2D eigenvalue weighted by Crippen LogP contribution is -2.41. The van der Waals surface area contributed by atoms with Gasteiger partial charge in [-0.05, 0) is 55.4 Å². The molecule has 132 valence electrons. The molecule has 1 amide bonds. The highest BCUT2D eigenvalue weighted by molar-refractivity contribution is 5.93. The van der Waals surface area contributed by atoms with Crippen LogP contribution in [0.15, 0.2) is 36.8 Å². The molecule has 25 heavy (non-hydrogen) atoms. The Labute approximate surface area is 146 Å². The van der Waals surface area contributed by atoms with Gasteiger partial charge in [0.2, 0.25) is 0 Å². The molecule has 2 fully saturated rings. The molecule has 1 atom stereocenters. The first kappa shape index (κ1) is 16.1. The molecule has 0 saturated heterocycles. The molecule has 6 nitrogen and oxygen atoms in total. The normalized spacial score (nSPS) is 23.6. The molecule has 2 heterocycles. The van der Waals surface area contributed by atoms with Gasteiger partial charge in [-0.2, -0.15) is 0 Å². The van der Waals surface area contributed by atoms with E-state index >= 15 is 0 Å². The van der Waals surface area contributed by atoms with Crippen LogP contribution >= 0.6 is 0 Å². The van der Waals surface area contributed by atoms with Crippen LogP contribution in [0.1, 0.15) is 53.8 Å². The van der Waals surface area contributed by atoms with Crippen LogP contribution in [0.4, 0.5) is 0 Å². The zero-order chi connectivity index (χ0) is 17.4. The van der Waals surface area contributed by atoms with E-state index in [1.165, 1.54) is 0 Å². The van der Waals surface area contributed by atoms with Gasteiger partial charge < -0.3 is 19.7 Å². The number of aliphatic hydroxyl groups is 1. The molecular weight excluding hydrogens is 318 g/mol. The van der Waals surface area contributed by atoms with Gasteiger partial charge in [-0.15, -0.1) is 0 Å². The number of hydrogen-bond acceptors (Lipinski definition) is 4. The molecule has 0 aromatic carbocycles. The Hall–Kier alpha value is -2.34. The van der Waals surface area contributed by atoms with Crippen LogP contribution in [0.5, 0.6) is 5.75 Å². The summed E-state index contributed by atoms with van der Waals surface area (Å²) < 4.78 is 7.33. The Balaban J connectivity index is 1.57. The first-order valence-electron chi connectivity index (χ1n) is 8.80. The fourth-order valence-electron chi connectivity index (χ4n) is 3.57. The third-order valence-corrected chi connectivity index (χ3v) is 5.19. The van der Waals surface area contributed by atoms with E-state index in [0.717, 1.165) is 18.4 Å². The van der Waals surface area contributed by atoms with Crippen molar-refractivity contribution in [1.82, 2.24) is 14.9 Å². The smallest absolute Gasteiger partial charge is 0.268 e. The Morgan fingerprint density at radius 1 is 1.40 bits per heavy atom. The second-order valence-electron chi connectivity index (χ2n) is 7.03. The van der Waals surface area contributed by atoms with Gasteiger partial charge in [0.25, 0.3) is 5.91 Å². The predicted octanol–water partition coefficient (Wildman–Crippen LogP) is 2.47. The summed E-state index contributed by atoms with van der Waals surface area (Å²) in [5.41, 5.74) is 1.61. The zero-order valence-corrected chi connectivity index (χ0v) is 14.3. The molecule has 2 saturated carbocycles. The number of pyridine rings is 1. The summed E-state index contributed by atoms with van der Waals surface area (Å²) in [4.78, 5) is 17.1. The number of aromatic nitrogens is 2. The lowest BCUT2D eigenvalue weighted by Gasteiger charge is -2.38. The molecule has 6 heteroatoms. The largest absolute Gasteiger partial charge is 0.495 e. The highest BCUT2D eigenvalue weighted by atomic mass is 16.5. The average molecular weight is 341 g/mol. The first-order valence-corrected chi connectivity index (χ1v) is 8.80. The molecule has 0 unspecified atom stereocenters. The van der Waals surface area contributed by atoms with E-state index in [1.54, 1.807) is 19.5 Å². The summed E-state index contributed by atoms with van der Waals surface area (Å²) in [6, 6.07) is 5.97. The highest BCUT2D eigenvalue weighted by Gasteiger charge is 2.37. The van der Waals surface area contributed by atoms with Gasteiger partial charge in [0.05, 0.1) is 25.5 Å². The lowest BCUT2D eigenvalue weighted by molar-refractivity contribution is 0.0233. The Morgan fingerprint density at radius 3 is 2.88 bits per heavy atom. The molecule has 2 aliphatic rings. The number of ether oxygens (including phenoxy) is 1. The van der Waals surface area contributed by atoms with E-state index < -0.39 is 0 Å². The fourth-order valence-corrected chi connectivity index (χ4v) is 3.57. The topological polar surface area (TPSA) is 76.4 Å². The van der Waals surface area contributed by atoms with Crippen molar-refractivity contribution in [3.8, 4) is 5.75 Å². The third-order valence-electron chi connectivity index (χ3n) is 5.19. The van der Waals surface area contributed by atoms with Crippen LogP contribution in [0.3, 0.4) is 0 Å². The SMILES string of the molecule is COc1cncc([C@H](NC(=O)c2cccn2C2CC2)C2CC(O)C2)c1. The molecular formula is C19H23N3O3. The predicted molar refractivity (Wildman–Crippen MR) is 92.4 cm³/mol. The summed E-state index contributed by atoms with van der Waals surface area (Å²) >= 11 is 0. The maximum atomic E-state index is 12.9. The van der Waals surface area contributed by atoms with Crippen LogP contribution < -0.4 is 10.1 Å². The van der Waals surface area contributed by atoms with Crippen LogP contribution in [0, 0.1) is 5.92 Å². The maximum absolute atomic E-state index is 12.9. The Kier molecular flexibility index (Phi) is 4.21. The van der Waals surface area contributed by atoms with Crippen LogP contribution in [-0.4, -0.2) is 33.8 Å². The second kappa shape index (κ2) is 6.52. The molecule has 0 spiro atoms. The summed E-state index contributed by atoms with van der Waals surface area (Å²) in [5.74, 6) is 0.793. The minimum absolute atomic E-state index is 0.0777. The summed E-state index contributed by atoms with van der Waals surface area (Å²) in [7, 11) is 1.60. The second-order valence-corrected chi connectivity index (χ2v) is 7.03. The van der Waals surface area contributed by atoms with Crippen molar-refractivity contribution in [3.63, 3.8) is 0 Å². The Bertz CT molecular complexity index is 763. The van der Waals surface area contributed by atoms with Gasteiger partial charge in [-0.3, -0.25) is 9.78 Å². The number of hydrogen-bond donors (Lipinski definition) is 2. The number of rotatable bonds is 6. The van der Waals surface area contributed by atoms with Crippen molar-refractivity contribution in [2.24, 2.45) is 5.92 Å². The number of aliphatic hydroxyl groups excluding tert-OH is 1. The molecule has 2 aromatic rings. The van der Waals surface area contributed by atoms with Crippen molar-refractivity contribution in [3.05, 3.63) is 48.0 Å². The lowest BCUT2D eigenvalue weighted by atomic mass is 9.75. The number of carbonyl (C=O) groups excluding carboxylic acids is 1. The number of methoxy groups -OCH3 is 1. The van der Waals surface area contributed by atoms with Crippen LogP contribution in [0.25, 0.3) is 0 Å². The van der Waals surface area contributed by atoms with E-state index in [1.807, 2.05) is 24.4 Å². The summed E-state index contributed by atoms with van der Waals surface area (Å²) in [5, 5.41) is 12.9. The number of nitrogens with one attached hydrogen (secondary N) is 1. The van der Waals surface area contributed by atoms with Crippen LogP contribution in [-0.2, 0) is 0 Å². The van der Waals surface area contributed by atoms with E-state index in [4.69, 9.17) is 4.74 Å². The monoisotopic (exact) mass is 341 g/mol. The number of nitrogens with zero attached hydrogens (tertiary/aromatic N) is 2. The van der Waals surface area contributed by atoms with Gasteiger partial charge >= 0.3 is 0 Å². The van der Waals surface area contributed by atoms with Gasteiger partial charge in [-0.1, -0.05) is 0 Å². The van der Waals surface area contributed by atoms with E-state index in [0.29, 0.717) is 30.3 Å². The summed E-state index contributed by atoms with van der Waals surface area (Å²) in [6.07, 6.45) is 8.74. The fraction of sp³-hybridized carbons (Fsp3) is 0.474. The minimum atomic E-state index is -0.279. The quantitative estimate of drug-likeness (QED) is 0.846. The molecule has 2 aliphatic carbocycles. The van der Waals surface area contributed by atoms with Crippen molar-refractivity contribution in [2.75, 3.05) is 7.11 Å². The first-order chi connectivity index (χ1) is 12.2. The number of carbonyl (C=O) groups is 1. The van der Waals surface area contributed by atoms with Crippen LogP contribution in [0.2, 0.25) is 0 Å². The van der Waals surface area contributed by atoms with Crippen molar-refractivity contribution >= 4 is 5.91 Å². The van der Waals surface area contributed by atoms with E-state index in [-0.39, 0.29) is 24.0 Å². The molecule has 4 rings (SSSR count). The highest BCUT2D eigenvalue weighted by Crippen LogP contribution is 2.39. The van der Waals surface area contributed by atoms with Gasteiger partial charge in [-0.25, -0.2) is 0 Å². The zero-order valence-electron chi connectivity index (χ0n) is 14.3. The van der Waals surface area contributed by atoms with Gasteiger partial charge in [0.15, 0.2) is 0 Å². The molecule has 0 radical (unpaired) electrons. The number of amides is 1. The average Bonchev–Trinajstić information content (AvgIpc) is 3.33. The van der Waals surface area contributed by atoms with Crippen molar-refractivity contribution in [2.45, 2.75) is 43.9 Å². The third kappa shape index (κ3) is 3.26. The molecule has 2 aromatic heterocycles. The van der Waals surface area contributed by atoms with Gasteiger partial charge in [0.1, 0.15) is 11.4 Å². The Morgan fingerprint density at radius 2 is 2.20 bits per heavy atom.